The van der Waals surface area contributed by atoms with Gasteiger partial charge in [0.25, 0.3) is 5.56 Å². The van der Waals surface area contributed by atoms with Crippen LogP contribution < -0.4 is 15.8 Å². The smallest absolute Gasteiger partial charge is 0.253 e. The summed E-state index contributed by atoms with van der Waals surface area (Å²) in [6.45, 7) is 14.8. The molecule has 0 aliphatic carbocycles. The molecule has 3 unspecified atom stereocenters. The van der Waals surface area contributed by atoms with Gasteiger partial charge < -0.3 is 29.2 Å². The van der Waals surface area contributed by atoms with E-state index in [2.05, 4.69) is 75.0 Å². The third-order valence-electron chi connectivity index (χ3n) is 9.36. The third-order valence-corrected chi connectivity index (χ3v) is 9.36. The Morgan fingerprint density at radius 2 is 1.74 bits per heavy atom. The average Bonchev–Trinajstić information content (AvgIpc) is 3.44. The molecule has 2 fully saturated rings. The molecule has 9 nitrogen and oxygen atoms in total. The number of aryl methyl sites for hydroxylation is 2. The lowest BCUT2D eigenvalue weighted by Crippen LogP contribution is -2.49. The maximum atomic E-state index is 13.8. The predicted molar refractivity (Wildman–Crippen MR) is 169 cm³/mol. The normalized spacial score (nSPS) is 21.7. The molecule has 2 aromatic heterocycles. The van der Waals surface area contributed by atoms with Crippen LogP contribution in [0.1, 0.15) is 42.4 Å². The fraction of sp³-hybridized carbons (Fsp3) is 0.471. The van der Waals surface area contributed by atoms with Crippen molar-refractivity contribution in [1.29, 1.82) is 0 Å². The maximum Gasteiger partial charge on any atom is 0.253 e. The minimum absolute atomic E-state index is 0.0392. The molecular weight excluding hydrogens is 542 g/mol. The number of hydrogen-bond acceptors (Lipinski definition) is 6. The van der Waals surface area contributed by atoms with Crippen LogP contribution in [0.25, 0.3) is 17.2 Å². The van der Waals surface area contributed by atoms with Gasteiger partial charge >= 0.3 is 0 Å². The first kappa shape index (κ1) is 29.4. The van der Waals surface area contributed by atoms with Gasteiger partial charge in [0.1, 0.15) is 0 Å². The zero-order valence-corrected chi connectivity index (χ0v) is 25.7. The topological polar surface area (TPSA) is 91.8 Å². The molecule has 0 saturated carbocycles. The lowest BCUT2D eigenvalue weighted by molar-refractivity contribution is -0.118. The van der Waals surface area contributed by atoms with E-state index in [1.54, 1.807) is 0 Å². The molecular formula is C34H43N5O4. The van der Waals surface area contributed by atoms with Gasteiger partial charge in [-0.05, 0) is 62.2 Å². The van der Waals surface area contributed by atoms with Gasteiger partial charge in [0.05, 0.1) is 32.5 Å². The second-order valence-electron chi connectivity index (χ2n) is 12.1. The average molecular weight is 586 g/mol. The summed E-state index contributed by atoms with van der Waals surface area (Å²) in [5, 5.41) is 3.07. The van der Waals surface area contributed by atoms with Crippen LogP contribution in [0.4, 0.5) is 5.69 Å². The predicted octanol–water partition coefficient (Wildman–Crippen LogP) is 3.91. The van der Waals surface area contributed by atoms with E-state index in [1.165, 1.54) is 5.69 Å². The quantitative estimate of drug-likeness (QED) is 0.437. The monoisotopic (exact) mass is 585 g/mol. The zero-order valence-electron chi connectivity index (χ0n) is 25.7. The number of aromatic amines is 1. The number of fused-ring (bicyclic) bond motifs is 1. The van der Waals surface area contributed by atoms with E-state index in [4.69, 9.17) is 9.47 Å². The van der Waals surface area contributed by atoms with Gasteiger partial charge in [0, 0.05) is 84.7 Å². The standard InChI is InChI=1S/C34H43N5O4/c1-22-16-23(2)36-34(41)31(22)20-35-33(40)30-19-29-18-27(26-6-5-7-28(17-26)38-10-14-43-15-11-38)21-39(29)32(24(30)3)25(4)37-8-12-42-13-9-37/h5-7,16-19,21,24-25,32H,8-15,20H2,1-4H3,(H,35,40)(H,36,41). The minimum atomic E-state index is -0.153. The number of ether oxygens (including phenoxy) is 2. The van der Waals surface area contributed by atoms with Crippen LogP contribution in [0.5, 0.6) is 0 Å². The van der Waals surface area contributed by atoms with E-state index in [9.17, 15) is 9.59 Å². The highest BCUT2D eigenvalue weighted by atomic mass is 16.5. The number of carbonyl (C=O) groups is 1. The number of nitrogens with one attached hydrogen (secondary N) is 2. The van der Waals surface area contributed by atoms with Gasteiger partial charge in [0.15, 0.2) is 0 Å². The molecule has 3 aromatic rings. The van der Waals surface area contributed by atoms with Crippen LogP contribution in [0.3, 0.4) is 0 Å². The molecule has 0 bridgehead atoms. The van der Waals surface area contributed by atoms with Crippen LogP contribution in [0.15, 0.2) is 53.0 Å². The van der Waals surface area contributed by atoms with Gasteiger partial charge in [-0.2, -0.15) is 0 Å². The third kappa shape index (κ3) is 6.07. The first-order valence-electron chi connectivity index (χ1n) is 15.5. The molecule has 43 heavy (non-hydrogen) atoms. The molecule has 1 amide bonds. The molecule has 1 aromatic carbocycles. The first-order chi connectivity index (χ1) is 20.8. The fourth-order valence-electron chi connectivity index (χ4n) is 6.94. The number of nitrogens with zero attached hydrogens (tertiary/aromatic N) is 3. The largest absolute Gasteiger partial charge is 0.379 e. The molecule has 6 rings (SSSR count). The van der Waals surface area contributed by atoms with Crippen molar-refractivity contribution in [2.45, 2.75) is 46.3 Å². The van der Waals surface area contributed by atoms with E-state index >= 15 is 0 Å². The summed E-state index contributed by atoms with van der Waals surface area (Å²) in [6, 6.07) is 13.1. The second-order valence-corrected chi connectivity index (χ2v) is 12.1. The first-order valence-corrected chi connectivity index (χ1v) is 15.5. The Morgan fingerprint density at radius 1 is 1.02 bits per heavy atom. The van der Waals surface area contributed by atoms with Crippen molar-refractivity contribution in [1.82, 2.24) is 19.8 Å². The molecule has 3 atom stereocenters. The lowest BCUT2D eigenvalue weighted by Gasteiger charge is -2.42. The molecule has 228 valence electrons. The van der Waals surface area contributed by atoms with Crippen molar-refractivity contribution in [3.63, 3.8) is 0 Å². The number of morpholine rings is 2. The Bertz CT molecular complexity index is 1560. The van der Waals surface area contributed by atoms with Crippen LogP contribution in [0.2, 0.25) is 0 Å². The summed E-state index contributed by atoms with van der Waals surface area (Å²) >= 11 is 0. The summed E-state index contributed by atoms with van der Waals surface area (Å²) < 4.78 is 13.6. The van der Waals surface area contributed by atoms with Crippen LogP contribution in [-0.4, -0.2) is 79.0 Å². The minimum Gasteiger partial charge on any atom is -0.379 e. The van der Waals surface area contributed by atoms with E-state index in [1.807, 2.05) is 26.0 Å². The van der Waals surface area contributed by atoms with Gasteiger partial charge in [0.2, 0.25) is 5.91 Å². The highest BCUT2D eigenvalue weighted by molar-refractivity contribution is 5.99. The number of benzene rings is 1. The summed E-state index contributed by atoms with van der Waals surface area (Å²) in [7, 11) is 0. The maximum absolute atomic E-state index is 13.8. The second kappa shape index (κ2) is 12.5. The summed E-state index contributed by atoms with van der Waals surface area (Å²) in [5.41, 5.74) is 7.38. The van der Waals surface area contributed by atoms with Gasteiger partial charge in [-0.3, -0.25) is 14.5 Å². The van der Waals surface area contributed by atoms with Crippen molar-refractivity contribution >= 4 is 17.7 Å². The number of rotatable bonds is 7. The fourth-order valence-corrected chi connectivity index (χ4v) is 6.94. The highest BCUT2D eigenvalue weighted by Crippen LogP contribution is 2.40. The zero-order chi connectivity index (χ0) is 30.1. The molecule has 9 heteroatoms. The number of anilines is 1. The van der Waals surface area contributed by atoms with Crippen molar-refractivity contribution in [3.05, 3.63) is 81.0 Å². The van der Waals surface area contributed by atoms with Crippen molar-refractivity contribution in [2.75, 3.05) is 57.5 Å². The molecule has 5 heterocycles. The van der Waals surface area contributed by atoms with E-state index in [0.29, 0.717) is 5.56 Å². The SMILES string of the molecule is Cc1cc(C)c(CNC(=O)C2=Cc3cc(-c4cccc(N5CCOCC5)c4)cn3C(C(C)N3CCOCC3)C2C)c(=O)[nH]1. The Morgan fingerprint density at radius 3 is 2.47 bits per heavy atom. The summed E-state index contributed by atoms with van der Waals surface area (Å²) in [4.78, 5) is 34.1. The Hall–Kier alpha value is -3.66. The van der Waals surface area contributed by atoms with Gasteiger partial charge in [-0.15, -0.1) is 0 Å². The van der Waals surface area contributed by atoms with Gasteiger partial charge in [-0.1, -0.05) is 19.1 Å². The molecule has 3 aliphatic heterocycles. The summed E-state index contributed by atoms with van der Waals surface area (Å²) in [6.07, 6.45) is 4.29. The molecule has 0 spiro atoms. The number of carbonyl (C=O) groups excluding carboxylic acids is 1. The number of H-pyrrole nitrogens is 1. The van der Waals surface area contributed by atoms with Gasteiger partial charge in [-0.25, -0.2) is 0 Å². The Labute approximate surface area is 253 Å². The number of pyridine rings is 1. The van der Waals surface area contributed by atoms with Crippen molar-refractivity contribution in [2.24, 2.45) is 5.92 Å². The molecule has 0 radical (unpaired) electrons. The van der Waals surface area contributed by atoms with Crippen LogP contribution >= 0.6 is 0 Å². The number of amides is 1. The van der Waals surface area contributed by atoms with Crippen LogP contribution in [0, 0.1) is 19.8 Å². The van der Waals surface area contributed by atoms with E-state index < -0.39 is 0 Å². The Kier molecular flexibility index (Phi) is 8.56. The van der Waals surface area contributed by atoms with Crippen LogP contribution in [-0.2, 0) is 20.8 Å². The molecule has 2 saturated heterocycles. The van der Waals surface area contributed by atoms with E-state index in [-0.39, 0.29) is 36.0 Å². The molecule has 2 N–H and O–H groups in total. The summed E-state index contributed by atoms with van der Waals surface area (Å²) in [5.74, 6) is -0.169. The Balaban J connectivity index is 1.33. The molecule has 3 aliphatic rings. The highest BCUT2D eigenvalue weighted by Gasteiger charge is 2.38. The lowest BCUT2D eigenvalue weighted by atomic mass is 9.84. The van der Waals surface area contributed by atoms with Crippen molar-refractivity contribution in [3.8, 4) is 11.1 Å². The number of aromatic nitrogens is 2. The van der Waals surface area contributed by atoms with E-state index in [0.717, 1.165) is 86.3 Å². The van der Waals surface area contributed by atoms with Crippen molar-refractivity contribution < 1.29 is 14.3 Å². The number of hydrogen-bond donors (Lipinski definition) is 2.